The highest BCUT2D eigenvalue weighted by Crippen LogP contribution is 2.17. The van der Waals surface area contributed by atoms with Crippen molar-refractivity contribution in [2.75, 3.05) is 5.75 Å². The van der Waals surface area contributed by atoms with Crippen LogP contribution in [0.3, 0.4) is 0 Å². The summed E-state index contributed by atoms with van der Waals surface area (Å²) in [5, 5.41) is 14.8. The number of benzene rings is 1. The molecule has 2 N–H and O–H groups in total. The molecule has 0 bridgehead atoms. The molecule has 0 saturated carbocycles. The first-order valence-corrected chi connectivity index (χ1v) is 9.09. The van der Waals surface area contributed by atoms with Gasteiger partial charge >= 0.3 is 0 Å². The number of aromatic nitrogens is 5. The average molecular weight is 356 g/mol. The number of carbonyl (C=O) groups excluding carboxylic acids is 1. The summed E-state index contributed by atoms with van der Waals surface area (Å²) in [5.41, 5.74) is 1.04. The molecular formula is C17H20N6OS. The molecule has 7 nitrogen and oxygen atoms in total. The van der Waals surface area contributed by atoms with Crippen LogP contribution in [0, 0.1) is 0 Å². The van der Waals surface area contributed by atoms with E-state index in [0.717, 1.165) is 17.8 Å². The van der Waals surface area contributed by atoms with Gasteiger partial charge in [-0.2, -0.15) is 5.10 Å². The Bertz CT molecular complexity index is 787. The van der Waals surface area contributed by atoms with Crippen molar-refractivity contribution in [1.82, 2.24) is 30.3 Å². The van der Waals surface area contributed by atoms with Crippen LogP contribution in [0.25, 0.3) is 0 Å². The molecule has 8 heteroatoms. The Labute approximate surface area is 150 Å². The Hall–Kier alpha value is -2.61. The van der Waals surface area contributed by atoms with Gasteiger partial charge < -0.3 is 5.32 Å². The Morgan fingerprint density at radius 3 is 2.84 bits per heavy atom. The van der Waals surface area contributed by atoms with Gasteiger partial charge in [0.25, 0.3) is 0 Å². The molecule has 0 fully saturated rings. The van der Waals surface area contributed by atoms with E-state index in [4.69, 9.17) is 0 Å². The first-order chi connectivity index (χ1) is 12.2. The molecule has 0 saturated heterocycles. The number of hydrogen-bond acceptors (Lipinski definition) is 5. The van der Waals surface area contributed by atoms with E-state index in [1.807, 2.05) is 54.2 Å². The standard InChI is InChI=1S/C17H20N6OS/c1-2-15-20-17(22-21-15)25-12-16(24)19-14(11-23-10-6-9-18-23)13-7-4-3-5-8-13/h3-10,14H,2,11-12H2,1H3,(H,19,24)(H,20,21,22). The molecule has 1 aromatic carbocycles. The second-order valence-corrected chi connectivity index (χ2v) is 6.41. The maximum atomic E-state index is 12.4. The minimum atomic E-state index is -0.146. The number of nitrogens with zero attached hydrogens (tertiary/aromatic N) is 4. The van der Waals surface area contributed by atoms with Crippen molar-refractivity contribution < 1.29 is 4.79 Å². The van der Waals surface area contributed by atoms with E-state index in [-0.39, 0.29) is 17.7 Å². The zero-order chi connectivity index (χ0) is 17.5. The van der Waals surface area contributed by atoms with Crippen LogP contribution in [0.15, 0.2) is 53.9 Å². The number of nitrogens with one attached hydrogen (secondary N) is 2. The van der Waals surface area contributed by atoms with Gasteiger partial charge in [0.15, 0.2) is 0 Å². The van der Waals surface area contributed by atoms with Crippen LogP contribution in [-0.2, 0) is 17.8 Å². The topological polar surface area (TPSA) is 88.5 Å². The highest BCUT2D eigenvalue weighted by atomic mass is 32.2. The van der Waals surface area contributed by atoms with Gasteiger partial charge in [-0.25, -0.2) is 4.98 Å². The monoisotopic (exact) mass is 356 g/mol. The van der Waals surface area contributed by atoms with Crippen molar-refractivity contribution in [3.05, 3.63) is 60.2 Å². The molecule has 1 unspecified atom stereocenters. The van der Waals surface area contributed by atoms with E-state index in [0.29, 0.717) is 11.7 Å². The largest absolute Gasteiger partial charge is 0.347 e. The molecule has 1 atom stereocenters. The first-order valence-electron chi connectivity index (χ1n) is 8.10. The van der Waals surface area contributed by atoms with Crippen molar-refractivity contribution in [3.63, 3.8) is 0 Å². The van der Waals surface area contributed by atoms with Gasteiger partial charge in [-0.1, -0.05) is 49.0 Å². The number of hydrogen-bond donors (Lipinski definition) is 2. The lowest BCUT2D eigenvalue weighted by Gasteiger charge is -2.19. The predicted octanol–water partition coefficient (Wildman–Crippen LogP) is 2.21. The van der Waals surface area contributed by atoms with Crippen LogP contribution >= 0.6 is 11.8 Å². The number of amides is 1. The molecule has 3 aromatic rings. The summed E-state index contributed by atoms with van der Waals surface area (Å²) in [4.78, 5) is 16.7. The van der Waals surface area contributed by atoms with E-state index in [1.54, 1.807) is 6.20 Å². The van der Waals surface area contributed by atoms with Crippen LogP contribution in [0.5, 0.6) is 0 Å². The molecule has 25 heavy (non-hydrogen) atoms. The molecule has 0 aliphatic rings. The lowest BCUT2D eigenvalue weighted by Crippen LogP contribution is -2.32. The first kappa shape index (κ1) is 17.2. The van der Waals surface area contributed by atoms with E-state index >= 15 is 0 Å². The number of rotatable bonds is 8. The molecule has 130 valence electrons. The number of thioether (sulfide) groups is 1. The molecule has 0 spiro atoms. The van der Waals surface area contributed by atoms with Gasteiger partial charge in [0.2, 0.25) is 11.1 Å². The van der Waals surface area contributed by atoms with Crippen LogP contribution in [0.1, 0.15) is 24.4 Å². The van der Waals surface area contributed by atoms with Crippen molar-refractivity contribution in [1.29, 1.82) is 0 Å². The number of aromatic amines is 1. The molecule has 2 heterocycles. The van der Waals surface area contributed by atoms with E-state index in [1.165, 1.54) is 11.8 Å². The summed E-state index contributed by atoms with van der Waals surface area (Å²) in [6, 6.07) is 11.6. The van der Waals surface area contributed by atoms with Crippen LogP contribution in [0.2, 0.25) is 0 Å². The fourth-order valence-corrected chi connectivity index (χ4v) is 3.01. The zero-order valence-corrected chi connectivity index (χ0v) is 14.7. The summed E-state index contributed by atoms with van der Waals surface area (Å²) in [7, 11) is 0. The molecule has 0 aliphatic carbocycles. The Morgan fingerprint density at radius 2 is 2.16 bits per heavy atom. The Balaban J connectivity index is 1.61. The highest BCUT2D eigenvalue weighted by Gasteiger charge is 2.16. The highest BCUT2D eigenvalue weighted by molar-refractivity contribution is 7.99. The zero-order valence-electron chi connectivity index (χ0n) is 13.9. The van der Waals surface area contributed by atoms with Crippen LogP contribution < -0.4 is 5.32 Å². The van der Waals surface area contributed by atoms with Gasteiger partial charge in [0, 0.05) is 18.8 Å². The third kappa shape index (κ3) is 4.93. The lowest BCUT2D eigenvalue weighted by molar-refractivity contribution is -0.119. The van der Waals surface area contributed by atoms with Crippen molar-refractivity contribution >= 4 is 17.7 Å². The molecule has 0 radical (unpaired) electrons. The lowest BCUT2D eigenvalue weighted by atomic mass is 10.1. The number of H-pyrrole nitrogens is 1. The Kier molecular flexibility index (Phi) is 5.84. The van der Waals surface area contributed by atoms with Gasteiger partial charge in [-0.3, -0.25) is 14.6 Å². The fraction of sp³-hybridized carbons (Fsp3) is 0.294. The summed E-state index contributed by atoms with van der Waals surface area (Å²) in [6.45, 7) is 2.58. The number of carbonyl (C=O) groups is 1. The minimum Gasteiger partial charge on any atom is -0.347 e. The molecule has 1 amide bonds. The van der Waals surface area contributed by atoms with Crippen LogP contribution in [-0.4, -0.2) is 36.6 Å². The molecule has 2 aromatic heterocycles. The fourth-order valence-electron chi connectivity index (χ4n) is 2.38. The maximum Gasteiger partial charge on any atom is 0.231 e. The van der Waals surface area contributed by atoms with Gasteiger partial charge in [0.1, 0.15) is 5.82 Å². The Morgan fingerprint density at radius 1 is 1.32 bits per heavy atom. The van der Waals surface area contributed by atoms with Crippen molar-refractivity contribution in [2.24, 2.45) is 0 Å². The number of aryl methyl sites for hydroxylation is 1. The average Bonchev–Trinajstić information content (AvgIpc) is 3.32. The van der Waals surface area contributed by atoms with E-state index < -0.39 is 0 Å². The van der Waals surface area contributed by atoms with Crippen molar-refractivity contribution in [3.8, 4) is 0 Å². The van der Waals surface area contributed by atoms with Gasteiger partial charge in [-0.05, 0) is 11.6 Å². The second-order valence-electron chi connectivity index (χ2n) is 5.47. The quantitative estimate of drug-likeness (QED) is 0.604. The molecular weight excluding hydrogens is 336 g/mol. The summed E-state index contributed by atoms with van der Waals surface area (Å²) >= 11 is 1.32. The van der Waals surface area contributed by atoms with Gasteiger partial charge in [-0.15, -0.1) is 5.10 Å². The summed E-state index contributed by atoms with van der Waals surface area (Å²) in [5.74, 6) is 1.03. The third-order valence-corrected chi connectivity index (χ3v) is 4.49. The maximum absolute atomic E-state index is 12.4. The minimum absolute atomic E-state index is 0.0612. The van der Waals surface area contributed by atoms with Gasteiger partial charge in [0.05, 0.1) is 18.3 Å². The second kappa shape index (κ2) is 8.48. The summed E-state index contributed by atoms with van der Waals surface area (Å²) in [6.07, 6.45) is 4.41. The summed E-state index contributed by atoms with van der Waals surface area (Å²) < 4.78 is 1.81. The predicted molar refractivity (Wildman–Crippen MR) is 96.0 cm³/mol. The van der Waals surface area contributed by atoms with Crippen molar-refractivity contribution in [2.45, 2.75) is 31.1 Å². The smallest absolute Gasteiger partial charge is 0.231 e. The normalized spacial score (nSPS) is 12.0. The van der Waals surface area contributed by atoms with E-state index in [9.17, 15) is 4.79 Å². The third-order valence-electron chi connectivity index (χ3n) is 3.64. The molecule has 3 rings (SSSR count). The molecule has 0 aliphatic heterocycles. The van der Waals surface area contributed by atoms with E-state index in [2.05, 4.69) is 25.6 Å². The van der Waals surface area contributed by atoms with Crippen LogP contribution in [0.4, 0.5) is 0 Å². The SMILES string of the molecule is CCc1nc(SCC(=O)NC(Cn2cccn2)c2ccccc2)n[nH]1.